The van der Waals surface area contributed by atoms with Crippen LogP contribution < -0.4 is 10.1 Å². The molecule has 0 atom stereocenters. The zero-order valence-corrected chi connectivity index (χ0v) is 16.0. The van der Waals surface area contributed by atoms with Gasteiger partial charge >= 0.3 is 0 Å². The molecule has 0 radical (unpaired) electrons. The Morgan fingerprint density at radius 1 is 1.07 bits per heavy atom. The van der Waals surface area contributed by atoms with Crippen molar-refractivity contribution in [1.82, 2.24) is 10.2 Å². The van der Waals surface area contributed by atoms with E-state index >= 15 is 0 Å². The van der Waals surface area contributed by atoms with Crippen LogP contribution in [0.3, 0.4) is 0 Å². The lowest BCUT2D eigenvalue weighted by Gasteiger charge is -2.12. The number of benzene rings is 2. The Labute approximate surface area is 158 Å². The Bertz CT molecular complexity index is 923. The maximum absolute atomic E-state index is 12.3. The highest BCUT2D eigenvalue weighted by atomic mass is 16.5. The van der Waals surface area contributed by atoms with E-state index in [0.29, 0.717) is 18.2 Å². The first-order valence-corrected chi connectivity index (χ1v) is 8.81. The molecule has 0 unspecified atom stereocenters. The molecule has 1 aromatic heterocycles. The molecule has 0 aliphatic heterocycles. The fraction of sp³-hybridized carbons (Fsp3) is 0.286. The van der Waals surface area contributed by atoms with Crippen molar-refractivity contribution in [1.29, 1.82) is 0 Å². The molecule has 0 aliphatic rings. The van der Waals surface area contributed by atoms with Crippen LogP contribution in [0, 0.1) is 20.8 Å². The topological polar surface area (TPSA) is 77.2 Å². The van der Waals surface area contributed by atoms with Crippen LogP contribution in [0.2, 0.25) is 0 Å². The molecule has 0 bridgehead atoms. The van der Waals surface area contributed by atoms with Gasteiger partial charge in [0.1, 0.15) is 5.75 Å². The van der Waals surface area contributed by atoms with Gasteiger partial charge in [0.05, 0.1) is 7.11 Å². The lowest BCUT2D eigenvalue weighted by atomic mass is 10.0. The second-order valence-corrected chi connectivity index (χ2v) is 6.55. The number of aryl methyl sites for hydroxylation is 4. The highest BCUT2D eigenvalue weighted by Crippen LogP contribution is 2.23. The van der Waals surface area contributed by atoms with Crippen molar-refractivity contribution in [2.24, 2.45) is 0 Å². The molecule has 0 fully saturated rings. The number of nitrogens with one attached hydrogen (secondary N) is 1. The molecule has 0 saturated carbocycles. The average Bonchev–Trinajstić information content (AvgIpc) is 3.12. The summed E-state index contributed by atoms with van der Waals surface area (Å²) in [6.07, 6.45) is 0.663. The van der Waals surface area contributed by atoms with Crippen molar-refractivity contribution in [2.45, 2.75) is 33.6 Å². The molecule has 3 aromatic rings. The first kappa shape index (κ1) is 18.6. The van der Waals surface area contributed by atoms with Gasteiger partial charge in [-0.1, -0.05) is 17.7 Å². The largest absolute Gasteiger partial charge is 0.497 e. The van der Waals surface area contributed by atoms with Gasteiger partial charge in [-0.2, -0.15) is 0 Å². The Hall–Kier alpha value is -3.15. The molecule has 0 saturated heterocycles. The summed E-state index contributed by atoms with van der Waals surface area (Å²) in [4.78, 5) is 12.3. The number of carbonyl (C=O) groups is 1. The van der Waals surface area contributed by atoms with Crippen molar-refractivity contribution in [3.8, 4) is 17.2 Å². The Morgan fingerprint density at radius 3 is 2.37 bits per heavy atom. The van der Waals surface area contributed by atoms with Gasteiger partial charge in [0.15, 0.2) is 0 Å². The summed E-state index contributed by atoms with van der Waals surface area (Å²) in [5.74, 6) is 1.55. The number of nitrogens with zero attached hydrogens (tertiary/aromatic N) is 2. The van der Waals surface area contributed by atoms with Crippen LogP contribution in [0.15, 0.2) is 40.8 Å². The molecule has 140 valence electrons. The van der Waals surface area contributed by atoms with Crippen LogP contribution in [0.5, 0.6) is 5.75 Å². The van der Waals surface area contributed by atoms with Gasteiger partial charge in [-0.05, 0) is 56.2 Å². The molecule has 0 spiro atoms. The van der Waals surface area contributed by atoms with Crippen molar-refractivity contribution in [3.63, 3.8) is 0 Å². The van der Waals surface area contributed by atoms with Gasteiger partial charge in [0.25, 0.3) is 0 Å². The molecular weight excluding hydrogens is 342 g/mol. The van der Waals surface area contributed by atoms with E-state index in [1.165, 1.54) is 5.56 Å². The summed E-state index contributed by atoms with van der Waals surface area (Å²) < 4.78 is 10.8. The van der Waals surface area contributed by atoms with E-state index in [9.17, 15) is 4.79 Å². The lowest BCUT2D eigenvalue weighted by molar-refractivity contribution is -0.116. The molecule has 0 aliphatic carbocycles. The third-order valence-electron chi connectivity index (χ3n) is 4.31. The van der Waals surface area contributed by atoms with E-state index in [1.807, 2.05) is 45.0 Å². The van der Waals surface area contributed by atoms with Crippen LogP contribution in [0.1, 0.15) is 29.0 Å². The first-order chi connectivity index (χ1) is 13.0. The Kier molecular flexibility index (Phi) is 5.54. The number of anilines is 1. The molecule has 27 heavy (non-hydrogen) atoms. The standard InChI is InChI=1S/C21H23N3O3/c1-13-11-14(2)20(15(3)12-13)22-18(25)9-10-19-23-24-21(27-19)16-5-7-17(26-4)8-6-16/h5-8,11-12H,9-10H2,1-4H3,(H,22,25). The summed E-state index contributed by atoms with van der Waals surface area (Å²) in [5.41, 5.74) is 4.97. The second kappa shape index (κ2) is 8.03. The quantitative estimate of drug-likeness (QED) is 0.707. The average molecular weight is 365 g/mol. The van der Waals surface area contributed by atoms with Crippen molar-refractivity contribution in [3.05, 3.63) is 59.0 Å². The molecule has 1 heterocycles. The lowest BCUT2D eigenvalue weighted by Crippen LogP contribution is -2.14. The normalized spacial score (nSPS) is 10.7. The van der Waals surface area contributed by atoms with Crippen LogP contribution >= 0.6 is 0 Å². The van der Waals surface area contributed by atoms with Crippen LogP contribution in [-0.4, -0.2) is 23.2 Å². The van der Waals surface area contributed by atoms with Crippen molar-refractivity contribution >= 4 is 11.6 Å². The number of hydrogen-bond donors (Lipinski definition) is 1. The van der Waals surface area contributed by atoms with E-state index in [2.05, 4.69) is 27.6 Å². The highest BCUT2D eigenvalue weighted by molar-refractivity contribution is 5.92. The highest BCUT2D eigenvalue weighted by Gasteiger charge is 2.12. The molecule has 1 N–H and O–H groups in total. The summed E-state index contributed by atoms with van der Waals surface area (Å²) in [6.45, 7) is 6.03. The fourth-order valence-electron chi connectivity index (χ4n) is 3.00. The summed E-state index contributed by atoms with van der Waals surface area (Å²) in [6, 6.07) is 11.5. The number of carbonyl (C=O) groups excluding carboxylic acids is 1. The third-order valence-corrected chi connectivity index (χ3v) is 4.31. The second-order valence-electron chi connectivity index (χ2n) is 6.55. The molecule has 1 amide bonds. The minimum atomic E-state index is -0.0748. The third kappa shape index (κ3) is 4.53. The zero-order valence-electron chi connectivity index (χ0n) is 16.0. The summed E-state index contributed by atoms with van der Waals surface area (Å²) >= 11 is 0. The van der Waals surface area contributed by atoms with Crippen LogP contribution in [-0.2, 0) is 11.2 Å². The number of rotatable bonds is 6. The first-order valence-electron chi connectivity index (χ1n) is 8.81. The van der Waals surface area contributed by atoms with Gasteiger partial charge in [0, 0.05) is 24.1 Å². The van der Waals surface area contributed by atoms with Crippen LogP contribution in [0.4, 0.5) is 5.69 Å². The molecule has 3 rings (SSSR count). The van der Waals surface area contributed by atoms with Crippen molar-refractivity contribution < 1.29 is 13.9 Å². The van der Waals surface area contributed by atoms with Gasteiger partial charge in [-0.15, -0.1) is 10.2 Å². The van der Waals surface area contributed by atoms with Crippen molar-refractivity contribution in [2.75, 3.05) is 12.4 Å². The van der Waals surface area contributed by atoms with E-state index in [4.69, 9.17) is 9.15 Å². The fourth-order valence-corrected chi connectivity index (χ4v) is 3.00. The van der Waals surface area contributed by atoms with E-state index < -0.39 is 0 Å². The smallest absolute Gasteiger partial charge is 0.247 e. The number of aromatic nitrogens is 2. The van der Waals surface area contributed by atoms with Gasteiger partial charge in [0.2, 0.25) is 17.7 Å². The van der Waals surface area contributed by atoms with E-state index in [-0.39, 0.29) is 12.3 Å². The molecule has 2 aromatic carbocycles. The summed E-state index contributed by atoms with van der Waals surface area (Å²) in [5, 5.41) is 11.1. The molecule has 6 nitrogen and oxygen atoms in total. The van der Waals surface area contributed by atoms with Gasteiger partial charge in [-0.25, -0.2) is 0 Å². The number of methoxy groups -OCH3 is 1. The van der Waals surface area contributed by atoms with E-state index in [0.717, 1.165) is 28.1 Å². The zero-order chi connectivity index (χ0) is 19.4. The maximum Gasteiger partial charge on any atom is 0.247 e. The summed E-state index contributed by atoms with van der Waals surface area (Å²) in [7, 11) is 1.62. The molecule has 6 heteroatoms. The maximum atomic E-state index is 12.3. The Balaban J connectivity index is 1.60. The number of hydrogen-bond acceptors (Lipinski definition) is 5. The minimum absolute atomic E-state index is 0.0748. The van der Waals surface area contributed by atoms with Gasteiger partial charge in [-0.3, -0.25) is 4.79 Å². The predicted octanol–water partition coefficient (Wildman–Crippen LogP) is 4.24. The van der Waals surface area contributed by atoms with E-state index in [1.54, 1.807) is 7.11 Å². The number of amides is 1. The minimum Gasteiger partial charge on any atom is -0.497 e. The van der Waals surface area contributed by atoms with Crippen LogP contribution in [0.25, 0.3) is 11.5 Å². The SMILES string of the molecule is COc1ccc(-c2nnc(CCC(=O)Nc3c(C)cc(C)cc3C)o2)cc1. The number of ether oxygens (including phenoxy) is 1. The Morgan fingerprint density at radius 2 is 1.74 bits per heavy atom. The van der Waals surface area contributed by atoms with Gasteiger partial charge < -0.3 is 14.5 Å². The predicted molar refractivity (Wildman–Crippen MR) is 104 cm³/mol. The molecular formula is C21H23N3O3. The monoisotopic (exact) mass is 365 g/mol.